The molecule has 0 radical (unpaired) electrons. The Bertz CT molecular complexity index is 936. The maximum absolute atomic E-state index is 12.3. The average molecular weight is 410 g/mol. The van der Waals surface area contributed by atoms with Gasteiger partial charge in [0.25, 0.3) is 0 Å². The Balaban J connectivity index is 2.01. The van der Waals surface area contributed by atoms with Gasteiger partial charge >= 0.3 is 5.97 Å². The van der Waals surface area contributed by atoms with Crippen molar-refractivity contribution in [3.8, 4) is 11.3 Å². The zero-order valence-corrected chi connectivity index (χ0v) is 16.1. The fraction of sp³-hybridized carbons (Fsp3) is 0.158. The molecule has 0 atom stereocenters. The van der Waals surface area contributed by atoms with Gasteiger partial charge in [0.2, 0.25) is 0 Å². The largest absolute Gasteiger partial charge is 0.461 e. The van der Waals surface area contributed by atoms with Gasteiger partial charge in [-0.05, 0) is 42.8 Å². The molecular weight excluding hydrogens is 395 g/mol. The van der Waals surface area contributed by atoms with Crippen LogP contribution in [0.25, 0.3) is 11.3 Å². The van der Waals surface area contributed by atoms with Crippen molar-refractivity contribution in [1.29, 1.82) is 0 Å². The van der Waals surface area contributed by atoms with Gasteiger partial charge in [0.05, 0.1) is 18.8 Å². The van der Waals surface area contributed by atoms with Crippen LogP contribution in [0.4, 0.5) is 0 Å². The van der Waals surface area contributed by atoms with Crippen molar-refractivity contribution in [3.63, 3.8) is 0 Å². The van der Waals surface area contributed by atoms with Crippen molar-refractivity contribution < 1.29 is 9.53 Å². The summed E-state index contributed by atoms with van der Waals surface area (Å²) in [6.07, 6.45) is 0. The first-order valence-corrected chi connectivity index (χ1v) is 9.06. The van der Waals surface area contributed by atoms with E-state index in [0.29, 0.717) is 33.0 Å². The second-order valence-corrected chi connectivity index (χ2v) is 6.82. The van der Waals surface area contributed by atoms with E-state index in [9.17, 15) is 4.79 Å². The van der Waals surface area contributed by atoms with Crippen LogP contribution in [0.1, 0.15) is 23.0 Å². The molecule has 0 fully saturated rings. The summed E-state index contributed by atoms with van der Waals surface area (Å²) in [5, 5.41) is 6.24. The van der Waals surface area contributed by atoms with E-state index in [4.69, 9.17) is 39.5 Å². The van der Waals surface area contributed by atoms with Gasteiger partial charge in [0.15, 0.2) is 0 Å². The molecule has 0 N–H and O–H groups in total. The van der Waals surface area contributed by atoms with Crippen LogP contribution in [-0.4, -0.2) is 22.4 Å². The summed E-state index contributed by atoms with van der Waals surface area (Å²) < 4.78 is 6.73. The number of carbonyl (C=O) groups excluding carboxylic acids is 1. The fourth-order valence-electron chi connectivity index (χ4n) is 2.48. The van der Waals surface area contributed by atoms with Crippen molar-refractivity contribution >= 4 is 40.8 Å². The highest BCUT2D eigenvalue weighted by molar-refractivity contribution is 6.35. The van der Waals surface area contributed by atoms with Gasteiger partial charge in [0, 0.05) is 20.6 Å². The Morgan fingerprint density at radius 1 is 1.04 bits per heavy atom. The minimum atomic E-state index is -0.440. The minimum absolute atomic E-state index is 0.280. The molecule has 0 spiro atoms. The van der Waals surface area contributed by atoms with E-state index in [1.807, 2.05) is 18.2 Å². The molecule has 0 aliphatic carbocycles. The summed E-state index contributed by atoms with van der Waals surface area (Å²) in [6, 6.07) is 14.2. The number of halogens is 3. The molecule has 0 amide bonds. The molecule has 3 aromatic rings. The zero-order chi connectivity index (χ0) is 18.7. The number of ether oxygens (including phenoxy) is 1. The second kappa shape index (κ2) is 8.12. The highest BCUT2D eigenvalue weighted by Crippen LogP contribution is 2.25. The molecular formula is C19H15Cl3N2O2. The summed E-state index contributed by atoms with van der Waals surface area (Å²) >= 11 is 18.1. The third-order valence-corrected chi connectivity index (χ3v) is 4.58. The third-order valence-electron chi connectivity index (χ3n) is 3.74. The lowest BCUT2D eigenvalue weighted by atomic mass is 10.1. The second-order valence-electron chi connectivity index (χ2n) is 5.54. The van der Waals surface area contributed by atoms with Crippen LogP contribution < -0.4 is 0 Å². The number of hydrogen-bond acceptors (Lipinski definition) is 3. The number of benzene rings is 2. The Labute approximate surface area is 166 Å². The van der Waals surface area contributed by atoms with E-state index in [-0.39, 0.29) is 6.61 Å². The first-order chi connectivity index (χ1) is 12.5. The zero-order valence-electron chi connectivity index (χ0n) is 13.9. The van der Waals surface area contributed by atoms with Crippen molar-refractivity contribution in [2.75, 3.05) is 6.61 Å². The molecule has 7 heteroatoms. The number of aromatic nitrogens is 2. The van der Waals surface area contributed by atoms with Gasteiger partial charge in [-0.1, -0.05) is 53.0 Å². The molecule has 0 aliphatic rings. The van der Waals surface area contributed by atoms with Crippen LogP contribution in [-0.2, 0) is 11.3 Å². The van der Waals surface area contributed by atoms with Gasteiger partial charge in [-0.3, -0.25) is 4.68 Å². The van der Waals surface area contributed by atoms with Crippen LogP contribution in [0.15, 0.2) is 48.5 Å². The topological polar surface area (TPSA) is 44.1 Å². The standard InChI is InChI=1S/C19H15Cl3N2O2/c1-2-26-19(25)18-10-17(12-3-6-14(20)7-4-12)23-24(18)11-13-5-8-15(21)9-16(13)22/h3-10H,2,11H2,1H3. The molecule has 3 rings (SSSR count). The van der Waals surface area contributed by atoms with E-state index in [2.05, 4.69) is 5.10 Å². The molecule has 1 heterocycles. The summed E-state index contributed by atoms with van der Waals surface area (Å²) in [4.78, 5) is 12.3. The molecule has 0 saturated carbocycles. The Hall–Kier alpha value is -2.01. The molecule has 26 heavy (non-hydrogen) atoms. The van der Waals surface area contributed by atoms with Gasteiger partial charge in [-0.25, -0.2) is 4.79 Å². The SMILES string of the molecule is CCOC(=O)c1cc(-c2ccc(Cl)cc2)nn1Cc1ccc(Cl)cc1Cl. The molecule has 0 saturated heterocycles. The van der Waals surface area contributed by atoms with E-state index in [0.717, 1.165) is 11.1 Å². The number of esters is 1. The number of carbonyl (C=O) groups is 1. The smallest absolute Gasteiger partial charge is 0.356 e. The summed E-state index contributed by atoms with van der Waals surface area (Å²) in [5.41, 5.74) is 2.64. The Morgan fingerprint density at radius 2 is 1.73 bits per heavy atom. The van der Waals surface area contributed by atoms with Crippen LogP contribution >= 0.6 is 34.8 Å². The predicted molar refractivity (Wildman–Crippen MR) is 104 cm³/mol. The number of rotatable bonds is 5. The minimum Gasteiger partial charge on any atom is -0.461 e. The molecule has 0 bridgehead atoms. The highest BCUT2D eigenvalue weighted by atomic mass is 35.5. The Morgan fingerprint density at radius 3 is 2.38 bits per heavy atom. The van der Waals surface area contributed by atoms with Gasteiger partial charge < -0.3 is 4.74 Å². The van der Waals surface area contributed by atoms with Crippen molar-refractivity contribution in [2.24, 2.45) is 0 Å². The normalized spacial score (nSPS) is 10.8. The summed E-state index contributed by atoms with van der Waals surface area (Å²) in [6.45, 7) is 2.36. The van der Waals surface area contributed by atoms with Crippen molar-refractivity contribution in [3.05, 3.63) is 74.9 Å². The molecule has 2 aromatic carbocycles. The average Bonchev–Trinajstić information content (AvgIpc) is 3.02. The van der Waals surface area contributed by atoms with Gasteiger partial charge in [-0.15, -0.1) is 0 Å². The van der Waals surface area contributed by atoms with Crippen molar-refractivity contribution in [1.82, 2.24) is 9.78 Å². The highest BCUT2D eigenvalue weighted by Gasteiger charge is 2.18. The van der Waals surface area contributed by atoms with E-state index in [1.165, 1.54) is 0 Å². The summed E-state index contributed by atoms with van der Waals surface area (Å²) in [7, 11) is 0. The van der Waals surface area contributed by atoms with Crippen molar-refractivity contribution in [2.45, 2.75) is 13.5 Å². The lowest BCUT2D eigenvalue weighted by Gasteiger charge is -2.08. The van der Waals surface area contributed by atoms with E-state index < -0.39 is 5.97 Å². The Kier molecular flexibility index (Phi) is 5.87. The molecule has 4 nitrogen and oxygen atoms in total. The first kappa shape index (κ1) is 18.8. The maximum Gasteiger partial charge on any atom is 0.356 e. The lowest BCUT2D eigenvalue weighted by Crippen LogP contribution is -2.14. The van der Waals surface area contributed by atoms with E-state index in [1.54, 1.807) is 41.9 Å². The predicted octanol–water partition coefficient (Wildman–Crippen LogP) is 5.74. The van der Waals surface area contributed by atoms with Gasteiger partial charge in [0.1, 0.15) is 5.69 Å². The third kappa shape index (κ3) is 4.21. The lowest BCUT2D eigenvalue weighted by molar-refractivity contribution is 0.0512. The maximum atomic E-state index is 12.3. The molecule has 1 aromatic heterocycles. The van der Waals surface area contributed by atoms with Crippen LogP contribution in [0.5, 0.6) is 0 Å². The van der Waals surface area contributed by atoms with Crippen LogP contribution in [0, 0.1) is 0 Å². The summed E-state index contributed by atoms with van der Waals surface area (Å²) in [5.74, 6) is -0.440. The van der Waals surface area contributed by atoms with Crippen LogP contribution in [0.2, 0.25) is 15.1 Å². The number of hydrogen-bond donors (Lipinski definition) is 0. The molecule has 0 aliphatic heterocycles. The first-order valence-electron chi connectivity index (χ1n) is 7.92. The number of nitrogens with zero attached hydrogens (tertiary/aromatic N) is 2. The van der Waals surface area contributed by atoms with Gasteiger partial charge in [-0.2, -0.15) is 5.10 Å². The van der Waals surface area contributed by atoms with Crippen LogP contribution in [0.3, 0.4) is 0 Å². The molecule has 0 unspecified atom stereocenters. The van der Waals surface area contributed by atoms with E-state index >= 15 is 0 Å². The molecule has 134 valence electrons. The monoisotopic (exact) mass is 408 g/mol. The fourth-order valence-corrected chi connectivity index (χ4v) is 3.07. The quantitative estimate of drug-likeness (QED) is 0.505.